The van der Waals surface area contributed by atoms with Gasteiger partial charge in [-0.3, -0.25) is 0 Å². The molecule has 0 rings (SSSR count). The molecular formula is C12H25. The van der Waals surface area contributed by atoms with E-state index in [-0.39, 0.29) is 0 Å². The summed E-state index contributed by atoms with van der Waals surface area (Å²) >= 11 is 0. The minimum atomic E-state index is 0.893. The molecule has 0 unspecified atom stereocenters. The van der Waals surface area contributed by atoms with Gasteiger partial charge in [-0.25, -0.2) is 0 Å². The minimum Gasteiger partial charge on any atom is -0.0628 e. The third-order valence-corrected chi connectivity index (χ3v) is 2.28. The lowest BCUT2D eigenvalue weighted by Gasteiger charge is -2.03. The second-order valence-electron chi connectivity index (χ2n) is 4.16. The monoisotopic (exact) mass is 169 g/mol. The molecule has 0 aliphatic rings. The Kier molecular flexibility index (Phi) is 9.09. The molecule has 0 heteroatoms. The molecule has 0 saturated heterocycles. The molecule has 0 nitrogen and oxygen atoms in total. The van der Waals surface area contributed by atoms with Gasteiger partial charge >= 0.3 is 0 Å². The fourth-order valence-corrected chi connectivity index (χ4v) is 1.44. The Labute approximate surface area is 78.8 Å². The third kappa shape index (κ3) is 10.0. The van der Waals surface area contributed by atoms with E-state index in [2.05, 4.69) is 20.8 Å². The number of hydrogen-bond donors (Lipinski definition) is 0. The van der Waals surface area contributed by atoms with Crippen molar-refractivity contribution in [2.24, 2.45) is 5.92 Å². The van der Waals surface area contributed by atoms with Crippen LogP contribution in [-0.4, -0.2) is 0 Å². The summed E-state index contributed by atoms with van der Waals surface area (Å²) < 4.78 is 0. The molecule has 0 amide bonds. The van der Waals surface area contributed by atoms with E-state index in [0.29, 0.717) is 0 Å². The quantitative estimate of drug-likeness (QED) is 0.466. The van der Waals surface area contributed by atoms with Gasteiger partial charge in [0.25, 0.3) is 0 Å². The fourth-order valence-electron chi connectivity index (χ4n) is 1.44. The Morgan fingerprint density at radius 2 is 1.33 bits per heavy atom. The molecule has 0 aliphatic heterocycles. The first-order valence-electron chi connectivity index (χ1n) is 5.56. The summed E-state index contributed by atoms with van der Waals surface area (Å²) in [4.78, 5) is 0. The van der Waals surface area contributed by atoms with Crippen molar-refractivity contribution < 1.29 is 0 Å². The molecule has 1 radical (unpaired) electrons. The molecule has 0 saturated carbocycles. The van der Waals surface area contributed by atoms with Crippen molar-refractivity contribution >= 4 is 0 Å². The molecular weight excluding hydrogens is 144 g/mol. The summed E-state index contributed by atoms with van der Waals surface area (Å²) in [6, 6.07) is 0. The Hall–Kier alpha value is 0. The molecule has 0 N–H and O–H groups in total. The zero-order valence-corrected chi connectivity index (χ0v) is 8.94. The maximum absolute atomic E-state index is 3.84. The summed E-state index contributed by atoms with van der Waals surface area (Å²) in [7, 11) is 0. The third-order valence-electron chi connectivity index (χ3n) is 2.28. The minimum absolute atomic E-state index is 0.893. The molecule has 0 fully saturated rings. The van der Waals surface area contributed by atoms with Gasteiger partial charge in [-0.15, -0.1) is 0 Å². The highest BCUT2D eigenvalue weighted by Gasteiger charge is 1.93. The Balaban J connectivity index is 2.82. The Morgan fingerprint density at radius 1 is 0.833 bits per heavy atom. The van der Waals surface area contributed by atoms with Crippen molar-refractivity contribution in [3.05, 3.63) is 6.92 Å². The van der Waals surface area contributed by atoms with Crippen LogP contribution in [0.5, 0.6) is 0 Å². The van der Waals surface area contributed by atoms with Gasteiger partial charge in [0.15, 0.2) is 0 Å². The number of unbranched alkanes of at least 4 members (excludes halogenated alkanes) is 6. The summed E-state index contributed by atoms with van der Waals surface area (Å²) in [5.41, 5.74) is 0. The standard InChI is InChI=1S/C12H25/c1-4-5-6-7-8-9-10-11-12(2)3/h12H,1,4-11H2,2-3H3. The summed E-state index contributed by atoms with van der Waals surface area (Å²) in [5, 5.41) is 0. The van der Waals surface area contributed by atoms with Crippen LogP contribution in [0.3, 0.4) is 0 Å². The molecule has 12 heavy (non-hydrogen) atoms. The van der Waals surface area contributed by atoms with Crippen LogP contribution in [0.25, 0.3) is 0 Å². The van der Waals surface area contributed by atoms with E-state index in [1.165, 1.54) is 44.9 Å². The van der Waals surface area contributed by atoms with E-state index in [4.69, 9.17) is 0 Å². The molecule has 0 aromatic carbocycles. The van der Waals surface area contributed by atoms with Crippen molar-refractivity contribution in [2.45, 2.75) is 65.2 Å². The van der Waals surface area contributed by atoms with Gasteiger partial charge in [-0.2, -0.15) is 0 Å². The molecule has 0 aromatic heterocycles. The average molecular weight is 169 g/mol. The van der Waals surface area contributed by atoms with Gasteiger partial charge in [0.1, 0.15) is 0 Å². The highest BCUT2D eigenvalue weighted by molar-refractivity contribution is 4.49. The van der Waals surface area contributed by atoms with Crippen LogP contribution >= 0.6 is 0 Å². The Bertz CT molecular complexity index is 74.1. The highest BCUT2D eigenvalue weighted by atomic mass is 14.0. The predicted molar refractivity (Wildman–Crippen MR) is 57.1 cm³/mol. The van der Waals surface area contributed by atoms with Gasteiger partial charge < -0.3 is 0 Å². The van der Waals surface area contributed by atoms with Gasteiger partial charge in [-0.1, -0.05) is 72.1 Å². The maximum atomic E-state index is 3.84. The average Bonchev–Trinajstić information content (AvgIpc) is 2.02. The van der Waals surface area contributed by atoms with Gasteiger partial charge in [0, 0.05) is 0 Å². The van der Waals surface area contributed by atoms with E-state index in [0.717, 1.165) is 12.3 Å². The van der Waals surface area contributed by atoms with Crippen LogP contribution in [0.1, 0.15) is 65.2 Å². The normalized spacial score (nSPS) is 11.0. The molecule has 0 spiro atoms. The second-order valence-corrected chi connectivity index (χ2v) is 4.16. The van der Waals surface area contributed by atoms with Crippen LogP contribution in [0.15, 0.2) is 0 Å². The maximum Gasteiger partial charge on any atom is -0.0471 e. The Morgan fingerprint density at radius 3 is 1.83 bits per heavy atom. The lowest BCUT2D eigenvalue weighted by molar-refractivity contribution is 0.512. The smallest absolute Gasteiger partial charge is 0.0471 e. The van der Waals surface area contributed by atoms with E-state index >= 15 is 0 Å². The first kappa shape index (κ1) is 12.0. The summed E-state index contributed by atoms with van der Waals surface area (Å²) in [5.74, 6) is 0.893. The van der Waals surface area contributed by atoms with Gasteiger partial charge in [0.05, 0.1) is 0 Å². The van der Waals surface area contributed by atoms with E-state index < -0.39 is 0 Å². The van der Waals surface area contributed by atoms with Crippen molar-refractivity contribution in [3.8, 4) is 0 Å². The molecule has 0 bridgehead atoms. The second kappa shape index (κ2) is 9.09. The largest absolute Gasteiger partial charge is 0.0628 e. The van der Waals surface area contributed by atoms with E-state index in [9.17, 15) is 0 Å². The fraction of sp³-hybridized carbons (Fsp3) is 0.917. The van der Waals surface area contributed by atoms with Crippen molar-refractivity contribution in [1.82, 2.24) is 0 Å². The number of rotatable bonds is 8. The lowest BCUT2D eigenvalue weighted by atomic mass is 10.0. The molecule has 0 aromatic rings. The first-order chi connectivity index (χ1) is 5.77. The molecule has 0 atom stereocenters. The van der Waals surface area contributed by atoms with Crippen LogP contribution in [0.4, 0.5) is 0 Å². The SMILES string of the molecule is [CH2]CCCCCCCCC(C)C. The van der Waals surface area contributed by atoms with Crippen LogP contribution in [0.2, 0.25) is 0 Å². The van der Waals surface area contributed by atoms with Gasteiger partial charge in [-0.05, 0) is 5.92 Å². The van der Waals surface area contributed by atoms with Crippen LogP contribution in [-0.2, 0) is 0 Å². The predicted octanol–water partition coefficient (Wildman–Crippen LogP) is 4.60. The zero-order valence-electron chi connectivity index (χ0n) is 8.94. The molecule has 0 aliphatic carbocycles. The lowest BCUT2D eigenvalue weighted by Crippen LogP contribution is -1.87. The zero-order chi connectivity index (χ0) is 9.23. The van der Waals surface area contributed by atoms with Crippen LogP contribution in [0, 0.1) is 12.8 Å². The van der Waals surface area contributed by atoms with Gasteiger partial charge in [0.2, 0.25) is 0 Å². The summed E-state index contributed by atoms with van der Waals surface area (Å²) in [6.07, 6.45) is 11.0. The van der Waals surface area contributed by atoms with E-state index in [1.54, 1.807) is 0 Å². The summed E-state index contributed by atoms with van der Waals surface area (Å²) in [6.45, 7) is 8.46. The van der Waals surface area contributed by atoms with Crippen molar-refractivity contribution in [2.75, 3.05) is 0 Å². The van der Waals surface area contributed by atoms with Crippen molar-refractivity contribution in [3.63, 3.8) is 0 Å². The molecule has 73 valence electrons. The van der Waals surface area contributed by atoms with Crippen molar-refractivity contribution in [1.29, 1.82) is 0 Å². The number of hydrogen-bond acceptors (Lipinski definition) is 0. The topological polar surface area (TPSA) is 0 Å². The van der Waals surface area contributed by atoms with Crippen LogP contribution < -0.4 is 0 Å². The highest BCUT2D eigenvalue weighted by Crippen LogP contribution is 2.11. The molecule has 0 heterocycles. The van der Waals surface area contributed by atoms with E-state index in [1.807, 2.05) is 0 Å². The first-order valence-corrected chi connectivity index (χ1v) is 5.56.